The van der Waals surface area contributed by atoms with Crippen molar-refractivity contribution < 1.29 is 18.4 Å². The second-order valence-corrected chi connectivity index (χ2v) is 6.39. The Hall–Kier alpha value is -3.06. The Balaban J connectivity index is 1.75. The summed E-state index contributed by atoms with van der Waals surface area (Å²) in [4.78, 5) is 24.1. The van der Waals surface area contributed by atoms with Gasteiger partial charge in [-0.1, -0.05) is 12.1 Å². The minimum atomic E-state index is -0.439. The molecule has 3 rings (SSSR count). The minimum absolute atomic E-state index is 0.113. The number of benzene rings is 2. The number of halogens is 1. The van der Waals surface area contributed by atoms with Gasteiger partial charge in [0.15, 0.2) is 5.76 Å². The normalized spacial score (nSPS) is 10.5. The molecule has 0 atom stereocenters. The lowest BCUT2D eigenvalue weighted by molar-refractivity contribution is -0.115. The van der Waals surface area contributed by atoms with E-state index in [-0.39, 0.29) is 17.3 Å². The zero-order valence-corrected chi connectivity index (χ0v) is 14.4. The van der Waals surface area contributed by atoms with Crippen molar-refractivity contribution >= 4 is 29.3 Å². The highest BCUT2D eigenvalue weighted by Crippen LogP contribution is 2.28. The van der Waals surface area contributed by atoms with Crippen LogP contribution in [0.25, 0.3) is 11.3 Å². The molecule has 0 aliphatic carbocycles. The van der Waals surface area contributed by atoms with Crippen LogP contribution in [0.5, 0.6) is 0 Å². The Morgan fingerprint density at radius 1 is 1.04 bits per heavy atom. The number of nitrogens with one attached hydrogen (secondary N) is 1. The first kappa shape index (κ1) is 17.8. The molecule has 3 aromatic rings. The number of carbonyl (C=O) groups is 2. The summed E-state index contributed by atoms with van der Waals surface area (Å²) in [6.45, 7) is 0. The number of hydrogen-bond acceptors (Lipinski definition) is 4. The SMILES string of the molecule is NC(=O)CSc1ccccc1NC(=O)c1ccc(-c2ccc(F)cc2)o1. The third kappa shape index (κ3) is 4.31. The van der Waals surface area contributed by atoms with Crippen LogP contribution in [0.4, 0.5) is 10.1 Å². The fraction of sp³-hybridized carbons (Fsp3) is 0.0526. The van der Waals surface area contributed by atoms with Crippen LogP contribution in [-0.2, 0) is 4.79 Å². The van der Waals surface area contributed by atoms with E-state index in [0.717, 1.165) is 4.90 Å². The van der Waals surface area contributed by atoms with Gasteiger partial charge in [-0.15, -0.1) is 11.8 Å². The molecule has 0 unspecified atom stereocenters. The smallest absolute Gasteiger partial charge is 0.291 e. The number of hydrogen-bond donors (Lipinski definition) is 2. The monoisotopic (exact) mass is 370 g/mol. The van der Waals surface area contributed by atoms with E-state index in [9.17, 15) is 14.0 Å². The van der Waals surface area contributed by atoms with Gasteiger partial charge in [-0.3, -0.25) is 9.59 Å². The summed E-state index contributed by atoms with van der Waals surface area (Å²) in [7, 11) is 0. The van der Waals surface area contributed by atoms with Crippen molar-refractivity contribution in [2.75, 3.05) is 11.1 Å². The molecule has 0 saturated carbocycles. The Morgan fingerprint density at radius 3 is 2.50 bits per heavy atom. The summed E-state index contributed by atoms with van der Waals surface area (Å²) < 4.78 is 18.6. The van der Waals surface area contributed by atoms with Gasteiger partial charge in [0.25, 0.3) is 5.91 Å². The van der Waals surface area contributed by atoms with Crippen molar-refractivity contribution in [2.24, 2.45) is 5.73 Å². The summed E-state index contributed by atoms with van der Waals surface area (Å²) in [5.74, 6) is -0.506. The van der Waals surface area contributed by atoms with Crippen molar-refractivity contribution in [1.29, 1.82) is 0 Å². The lowest BCUT2D eigenvalue weighted by Gasteiger charge is -2.09. The lowest BCUT2D eigenvalue weighted by atomic mass is 10.2. The second-order valence-electron chi connectivity index (χ2n) is 5.38. The number of carbonyl (C=O) groups excluding carboxylic acids is 2. The molecule has 0 fully saturated rings. The Morgan fingerprint density at radius 2 is 1.77 bits per heavy atom. The zero-order chi connectivity index (χ0) is 18.5. The average molecular weight is 370 g/mol. The summed E-state index contributed by atoms with van der Waals surface area (Å²) in [6, 6.07) is 16.1. The van der Waals surface area contributed by atoms with E-state index in [4.69, 9.17) is 10.2 Å². The third-order valence-corrected chi connectivity index (χ3v) is 4.56. The summed E-state index contributed by atoms with van der Waals surface area (Å²) in [6.07, 6.45) is 0. The van der Waals surface area contributed by atoms with E-state index in [1.54, 1.807) is 48.5 Å². The number of anilines is 1. The maximum atomic E-state index is 13.0. The molecular formula is C19H15FN2O3S. The predicted octanol–water partition coefficient (Wildman–Crippen LogP) is 3.92. The van der Waals surface area contributed by atoms with Crippen molar-refractivity contribution in [3.8, 4) is 11.3 Å². The molecule has 3 N–H and O–H groups in total. The first-order valence-corrected chi connectivity index (χ1v) is 8.69. The first-order valence-electron chi connectivity index (χ1n) is 7.70. The largest absolute Gasteiger partial charge is 0.451 e. The molecule has 0 spiro atoms. The quantitative estimate of drug-likeness (QED) is 0.644. The number of thioether (sulfide) groups is 1. The topological polar surface area (TPSA) is 85.3 Å². The molecule has 0 aliphatic rings. The molecule has 0 saturated heterocycles. The molecule has 132 valence electrons. The summed E-state index contributed by atoms with van der Waals surface area (Å²) in [5.41, 5.74) is 6.39. The van der Waals surface area contributed by atoms with E-state index in [1.165, 1.54) is 23.9 Å². The van der Waals surface area contributed by atoms with Gasteiger partial charge in [0, 0.05) is 10.5 Å². The fourth-order valence-electron chi connectivity index (χ4n) is 2.26. The molecule has 2 amide bonds. The number of rotatable bonds is 6. The van der Waals surface area contributed by atoms with Crippen LogP contribution in [0, 0.1) is 5.82 Å². The van der Waals surface area contributed by atoms with Gasteiger partial charge in [-0.2, -0.15) is 0 Å². The van der Waals surface area contributed by atoms with Gasteiger partial charge in [-0.25, -0.2) is 4.39 Å². The highest BCUT2D eigenvalue weighted by Gasteiger charge is 2.14. The minimum Gasteiger partial charge on any atom is -0.451 e. The van der Waals surface area contributed by atoms with Crippen LogP contribution in [0.15, 0.2) is 70.0 Å². The van der Waals surface area contributed by atoms with E-state index < -0.39 is 11.8 Å². The molecule has 7 heteroatoms. The molecule has 26 heavy (non-hydrogen) atoms. The molecular weight excluding hydrogens is 355 g/mol. The number of primary amides is 1. The first-order chi connectivity index (χ1) is 12.5. The highest BCUT2D eigenvalue weighted by molar-refractivity contribution is 8.00. The van der Waals surface area contributed by atoms with E-state index in [1.807, 2.05) is 0 Å². The zero-order valence-electron chi connectivity index (χ0n) is 13.6. The predicted molar refractivity (Wildman–Crippen MR) is 98.4 cm³/mol. The molecule has 0 aliphatic heterocycles. The van der Waals surface area contributed by atoms with Crippen molar-refractivity contribution in [2.45, 2.75) is 4.90 Å². The number of para-hydroxylation sites is 1. The average Bonchev–Trinajstić information content (AvgIpc) is 3.12. The Kier molecular flexibility index (Phi) is 5.38. The number of nitrogens with two attached hydrogens (primary N) is 1. The van der Waals surface area contributed by atoms with Gasteiger partial charge in [0.05, 0.1) is 11.4 Å². The molecule has 1 heterocycles. The van der Waals surface area contributed by atoms with E-state index in [2.05, 4.69) is 5.32 Å². The summed E-state index contributed by atoms with van der Waals surface area (Å²) >= 11 is 1.24. The second kappa shape index (κ2) is 7.88. The third-order valence-electron chi connectivity index (χ3n) is 3.46. The van der Waals surface area contributed by atoms with E-state index in [0.29, 0.717) is 17.0 Å². The fourth-order valence-corrected chi connectivity index (χ4v) is 3.00. The molecule has 5 nitrogen and oxygen atoms in total. The van der Waals surface area contributed by atoms with Crippen LogP contribution >= 0.6 is 11.8 Å². The van der Waals surface area contributed by atoms with Gasteiger partial charge < -0.3 is 15.5 Å². The molecule has 0 radical (unpaired) electrons. The van der Waals surface area contributed by atoms with Crippen molar-refractivity contribution in [1.82, 2.24) is 0 Å². The van der Waals surface area contributed by atoms with Crippen molar-refractivity contribution in [3.05, 3.63) is 72.2 Å². The Labute approximate surface area is 153 Å². The number of amides is 2. The molecule has 1 aromatic heterocycles. The van der Waals surface area contributed by atoms with Crippen LogP contribution < -0.4 is 11.1 Å². The van der Waals surface area contributed by atoms with Gasteiger partial charge >= 0.3 is 0 Å². The Bertz CT molecular complexity index is 938. The number of furan rings is 1. The maximum absolute atomic E-state index is 13.0. The molecule has 2 aromatic carbocycles. The highest BCUT2D eigenvalue weighted by atomic mass is 32.2. The van der Waals surface area contributed by atoms with Crippen LogP contribution in [-0.4, -0.2) is 17.6 Å². The van der Waals surface area contributed by atoms with Crippen LogP contribution in [0.1, 0.15) is 10.6 Å². The maximum Gasteiger partial charge on any atom is 0.291 e. The van der Waals surface area contributed by atoms with Crippen molar-refractivity contribution in [3.63, 3.8) is 0 Å². The van der Waals surface area contributed by atoms with Crippen LogP contribution in [0.2, 0.25) is 0 Å². The summed E-state index contributed by atoms with van der Waals surface area (Å²) in [5, 5.41) is 2.76. The van der Waals surface area contributed by atoms with Gasteiger partial charge in [0.2, 0.25) is 5.91 Å². The van der Waals surface area contributed by atoms with Gasteiger partial charge in [-0.05, 0) is 48.5 Å². The molecule has 0 bridgehead atoms. The standard InChI is InChI=1S/C19H15FN2O3S/c20-13-7-5-12(6-8-13)15-9-10-16(25-15)19(24)22-14-3-1-2-4-17(14)26-11-18(21)23/h1-10H,11H2,(H2,21,23)(H,22,24). The van der Waals surface area contributed by atoms with Crippen LogP contribution in [0.3, 0.4) is 0 Å². The van der Waals surface area contributed by atoms with E-state index >= 15 is 0 Å². The lowest BCUT2D eigenvalue weighted by Crippen LogP contribution is -2.14. The van der Waals surface area contributed by atoms with Gasteiger partial charge in [0.1, 0.15) is 11.6 Å².